The van der Waals surface area contributed by atoms with E-state index in [2.05, 4.69) is 9.97 Å². The number of aromatic amines is 1. The van der Waals surface area contributed by atoms with Crippen molar-refractivity contribution in [1.29, 1.82) is 0 Å². The molecule has 2 aromatic rings. The number of aryl methyl sites for hydroxylation is 1. The van der Waals surface area contributed by atoms with Crippen LogP contribution in [0.25, 0.3) is 10.9 Å². The minimum absolute atomic E-state index is 0.231. The molecule has 0 saturated heterocycles. The van der Waals surface area contributed by atoms with Crippen LogP contribution in [0.1, 0.15) is 5.69 Å². The summed E-state index contributed by atoms with van der Waals surface area (Å²) >= 11 is 0. The van der Waals surface area contributed by atoms with Crippen molar-refractivity contribution in [2.75, 3.05) is 0 Å². The summed E-state index contributed by atoms with van der Waals surface area (Å²) in [6, 6.07) is 1.76. The molecule has 0 radical (unpaired) electrons. The summed E-state index contributed by atoms with van der Waals surface area (Å²) < 4.78 is 12.9. The normalized spacial score (nSPS) is 10.7. The number of nitrogens with zero attached hydrogens (tertiary/aromatic N) is 1. The Morgan fingerprint density at radius 3 is 3.09 bits per heavy atom. The maximum Gasteiger partial charge on any atom is 0.150 e. The SMILES string of the molecule is Cc1nccc2[nH]cc(F)c12. The number of fused-ring (bicyclic) bond motifs is 1. The van der Waals surface area contributed by atoms with E-state index in [0.717, 1.165) is 11.2 Å². The van der Waals surface area contributed by atoms with Gasteiger partial charge in [0.05, 0.1) is 10.9 Å². The summed E-state index contributed by atoms with van der Waals surface area (Å²) in [4.78, 5) is 6.79. The van der Waals surface area contributed by atoms with E-state index < -0.39 is 0 Å². The lowest BCUT2D eigenvalue weighted by molar-refractivity contribution is 0.638. The van der Waals surface area contributed by atoms with Crippen LogP contribution < -0.4 is 0 Å². The van der Waals surface area contributed by atoms with Gasteiger partial charge in [-0.3, -0.25) is 4.98 Å². The molecule has 2 rings (SSSR count). The molecular formula is C8H7FN2. The van der Waals surface area contributed by atoms with E-state index in [0.29, 0.717) is 5.39 Å². The second-order valence-corrected chi connectivity index (χ2v) is 2.46. The topological polar surface area (TPSA) is 28.7 Å². The van der Waals surface area contributed by atoms with Crippen molar-refractivity contribution >= 4 is 10.9 Å². The lowest BCUT2D eigenvalue weighted by atomic mass is 10.2. The van der Waals surface area contributed by atoms with E-state index in [-0.39, 0.29) is 5.82 Å². The van der Waals surface area contributed by atoms with Crippen LogP contribution in [0.4, 0.5) is 4.39 Å². The first kappa shape index (κ1) is 6.34. The highest BCUT2D eigenvalue weighted by Gasteiger charge is 2.04. The molecule has 2 nitrogen and oxygen atoms in total. The predicted molar refractivity (Wildman–Crippen MR) is 40.8 cm³/mol. The van der Waals surface area contributed by atoms with E-state index in [1.807, 2.05) is 0 Å². The number of rotatable bonds is 0. The number of aromatic nitrogens is 2. The van der Waals surface area contributed by atoms with Crippen LogP contribution >= 0.6 is 0 Å². The monoisotopic (exact) mass is 150 g/mol. The third kappa shape index (κ3) is 0.808. The quantitative estimate of drug-likeness (QED) is 0.611. The van der Waals surface area contributed by atoms with Crippen molar-refractivity contribution in [2.24, 2.45) is 0 Å². The van der Waals surface area contributed by atoms with Gasteiger partial charge in [-0.25, -0.2) is 4.39 Å². The van der Waals surface area contributed by atoms with E-state index in [1.54, 1.807) is 19.2 Å². The number of H-pyrrole nitrogens is 1. The van der Waals surface area contributed by atoms with Gasteiger partial charge >= 0.3 is 0 Å². The Balaban J connectivity index is 2.96. The predicted octanol–water partition coefficient (Wildman–Crippen LogP) is 2.01. The van der Waals surface area contributed by atoms with E-state index >= 15 is 0 Å². The van der Waals surface area contributed by atoms with Gasteiger partial charge in [0.25, 0.3) is 0 Å². The van der Waals surface area contributed by atoms with E-state index in [4.69, 9.17) is 0 Å². The fourth-order valence-electron chi connectivity index (χ4n) is 1.20. The molecule has 0 fully saturated rings. The number of halogens is 1. The van der Waals surface area contributed by atoms with E-state index in [1.165, 1.54) is 6.20 Å². The third-order valence-electron chi connectivity index (χ3n) is 1.73. The summed E-state index contributed by atoms with van der Waals surface area (Å²) in [6.45, 7) is 1.79. The summed E-state index contributed by atoms with van der Waals surface area (Å²) in [7, 11) is 0. The van der Waals surface area contributed by atoms with Crippen LogP contribution in [0.3, 0.4) is 0 Å². The van der Waals surface area contributed by atoms with Gasteiger partial charge in [0.2, 0.25) is 0 Å². The average molecular weight is 150 g/mol. The molecule has 2 aromatic heterocycles. The van der Waals surface area contributed by atoms with Gasteiger partial charge in [0.15, 0.2) is 0 Å². The first-order valence-corrected chi connectivity index (χ1v) is 3.37. The summed E-state index contributed by atoms with van der Waals surface area (Å²) in [5.74, 6) is -0.231. The molecular weight excluding hydrogens is 143 g/mol. The number of hydrogen-bond acceptors (Lipinski definition) is 1. The molecule has 0 spiro atoms. The largest absolute Gasteiger partial charge is 0.358 e. The Bertz CT molecular complexity index is 392. The highest BCUT2D eigenvalue weighted by molar-refractivity contribution is 5.81. The molecule has 0 aliphatic heterocycles. The Hall–Kier alpha value is -1.38. The second-order valence-electron chi connectivity index (χ2n) is 2.46. The maximum atomic E-state index is 12.9. The molecule has 3 heteroatoms. The molecule has 0 aliphatic carbocycles. The van der Waals surface area contributed by atoms with Gasteiger partial charge in [-0.2, -0.15) is 0 Å². The fourth-order valence-corrected chi connectivity index (χ4v) is 1.20. The molecule has 1 N–H and O–H groups in total. The molecule has 0 saturated carbocycles. The van der Waals surface area contributed by atoms with Crippen LogP contribution in [0.5, 0.6) is 0 Å². The molecule has 2 heterocycles. The van der Waals surface area contributed by atoms with Gasteiger partial charge in [-0.1, -0.05) is 0 Å². The van der Waals surface area contributed by atoms with Crippen molar-refractivity contribution in [2.45, 2.75) is 6.92 Å². The zero-order valence-electron chi connectivity index (χ0n) is 6.06. The van der Waals surface area contributed by atoms with Crippen LogP contribution in [-0.4, -0.2) is 9.97 Å². The van der Waals surface area contributed by atoms with Gasteiger partial charge in [-0.05, 0) is 13.0 Å². The Morgan fingerprint density at radius 1 is 1.55 bits per heavy atom. The van der Waals surface area contributed by atoms with E-state index in [9.17, 15) is 4.39 Å². The summed E-state index contributed by atoms with van der Waals surface area (Å²) in [5, 5.41) is 0.590. The summed E-state index contributed by atoms with van der Waals surface area (Å²) in [6.07, 6.45) is 3.01. The zero-order valence-corrected chi connectivity index (χ0v) is 6.06. The fraction of sp³-hybridized carbons (Fsp3) is 0.125. The van der Waals surface area contributed by atoms with Gasteiger partial charge in [0.1, 0.15) is 5.82 Å². The number of hydrogen-bond donors (Lipinski definition) is 1. The Labute approximate surface area is 63.1 Å². The number of pyridine rings is 1. The smallest absolute Gasteiger partial charge is 0.150 e. The molecule has 0 aliphatic rings. The van der Waals surface area contributed by atoms with Crippen molar-refractivity contribution in [3.05, 3.63) is 30.0 Å². The molecule has 56 valence electrons. The van der Waals surface area contributed by atoms with Crippen LogP contribution in [-0.2, 0) is 0 Å². The third-order valence-corrected chi connectivity index (χ3v) is 1.73. The Morgan fingerprint density at radius 2 is 2.36 bits per heavy atom. The minimum atomic E-state index is -0.231. The van der Waals surface area contributed by atoms with Gasteiger partial charge < -0.3 is 4.98 Å². The molecule has 0 atom stereocenters. The average Bonchev–Trinajstić information content (AvgIpc) is 2.34. The molecule has 0 aromatic carbocycles. The zero-order chi connectivity index (χ0) is 7.84. The first-order chi connectivity index (χ1) is 5.29. The molecule has 0 unspecified atom stereocenters. The minimum Gasteiger partial charge on any atom is -0.358 e. The lowest BCUT2D eigenvalue weighted by Gasteiger charge is -1.92. The van der Waals surface area contributed by atoms with Crippen molar-refractivity contribution in [3.63, 3.8) is 0 Å². The van der Waals surface area contributed by atoms with Gasteiger partial charge in [-0.15, -0.1) is 0 Å². The highest BCUT2D eigenvalue weighted by Crippen LogP contribution is 2.17. The van der Waals surface area contributed by atoms with Crippen molar-refractivity contribution in [3.8, 4) is 0 Å². The van der Waals surface area contributed by atoms with Crippen LogP contribution in [0.15, 0.2) is 18.5 Å². The maximum absolute atomic E-state index is 12.9. The molecule has 0 bridgehead atoms. The number of nitrogens with one attached hydrogen (secondary N) is 1. The highest BCUT2D eigenvalue weighted by atomic mass is 19.1. The van der Waals surface area contributed by atoms with Crippen molar-refractivity contribution < 1.29 is 4.39 Å². The van der Waals surface area contributed by atoms with Gasteiger partial charge in [0, 0.05) is 18.1 Å². The van der Waals surface area contributed by atoms with Crippen molar-refractivity contribution in [1.82, 2.24) is 9.97 Å². The standard InChI is InChI=1S/C8H7FN2/c1-5-8-6(9)4-11-7(8)2-3-10-5/h2-4,11H,1H3. The lowest BCUT2D eigenvalue weighted by Crippen LogP contribution is -1.81. The summed E-state index contributed by atoms with van der Waals surface area (Å²) in [5.41, 5.74) is 1.52. The van der Waals surface area contributed by atoms with Crippen LogP contribution in [0.2, 0.25) is 0 Å². The molecule has 0 amide bonds. The first-order valence-electron chi connectivity index (χ1n) is 3.37. The second kappa shape index (κ2) is 2.05. The Kier molecular flexibility index (Phi) is 1.18. The van der Waals surface area contributed by atoms with Crippen LogP contribution in [0, 0.1) is 12.7 Å². The molecule has 11 heavy (non-hydrogen) atoms.